The highest BCUT2D eigenvalue weighted by Gasteiger charge is 2.10. The summed E-state index contributed by atoms with van der Waals surface area (Å²) in [6.07, 6.45) is 2.70. The molecule has 27 heavy (non-hydrogen) atoms. The van der Waals surface area contributed by atoms with Gasteiger partial charge in [-0.2, -0.15) is 0 Å². The number of para-hydroxylation sites is 3. The molecule has 2 aromatic heterocycles. The quantitative estimate of drug-likeness (QED) is 0.410. The predicted molar refractivity (Wildman–Crippen MR) is 103 cm³/mol. The maximum absolute atomic E-state index is 12.1. The molecule has 0 radical (unpaired) electrons. The molecule has 4 N–H and O–H groups in total. The van der Waals surface area contributed by atoms with E-state index in [0.717, 1.165) is 33.3 Å². The Hall–Kier alpha value is -3.61. The molecule has 0 atom stereocenters. The maximum atomic E-state index is 12.1. The summed E-state index contributed by atoms with van der Waals surface area (Å²) in [5.41, 5.74) is 8.61. The Morgan fingerprint density at radius 1 is 0.926 bits per heavy atom. The van der Waals surface area contributed by atoms with Crippen LogP contribution in [0.4, 0.5) is 0 Å². The number of aromatic amines is 2. The van der Waals surface area contributed by atoms with Gasteiger partial charge in [0, 0.05) is 29.9 Å². The van der Waals surface area contributed by atoms with Crippen molar-refractivity contribution in [3.8, 4) is 0 Å². The number of benzene rings is 2. The topological polar surface area (TPSA) is 103 Å². The monoisotopic (exact) mass is 361 g/mol. The lowest BCUT2D eigenvalue weighted by Crippen LogP contribution is -2.42. The van der Waals surface area contributed by atoms with E-state index in [-0.39, 0.29) is 24.7 Å². The molecule has 2 aromatic carbocycles. The molecular weight excluding hydrogens is 342 g/mol. The average molecular weight is 361 g/mol. The lowest BCUT2D eigenvalue weighted by molar-refractivity contribution is -0.128. The van der Waals surface area contributed by atoms with Gasteiger partial charge in [0.1, 0.15) is 5.82 Å². The Balaban J connectivity index is 1.26. The van der Waals surface area contributed by atoms with E-state index >= 15 is 0 Å². The van der Waals surface area contributed by atoms with Crippen molar-refractivity contribution in [3.05, 3.63) is 66.1 Å². The van der Waals surface area contributed by atoms with Crippen molar-refractivity contribution < 1.29 is 9.59 Å². The molecule has 0 saturated carbocycles. The van der Waals surface area contributed by atoms with Gasteiger partial charge in [-0.25, -0.2) is 4.98 Å². The third-order valence-electron chi connectivity index (χ3n) is 4.39. The van der Waals surface area contributed by atoms with Gasteiger partial charge < -0.3 is 9.97 Å². The van der Waals surface area contributed by atoms with Gasteiger partial charge >= 0.3 is 0 Å². The lowest BCUT2D eigenvalue weighted by Gasteiger charge is -2.06. The molecule has 0 unspecified atom stereocenters. The highest BCUT2D eigenvalue weighted by Crippen LogP contribution is 2.17. The number of rotatable bonds is 5. The summed E-state index contributed by atoms with van der Waals surface area (Å²) in [5.74, 6) is 0.219. The third kappa shape index (κ3) is 3.82. The second-order valence-corrected chi connectivity index (χ2v) is 6.33. The summed E-state index contributed by atoms with van der Waals surface area (Å²) < 4.78 is 0. The van der Waals surface area contributed by atoms with Gasteiger partial charge in [-0.1, -0.05) is 30.3 Å². The van der Waals surface area contributed by atoms with E-state index in [2.05, 4.69) is 25.8 Å². The van der Waals surface area contributed by atoms with E-state index in [1.165, 1.54) is 0 Å². The Labute approximate surface area is 155 Å². The zero-order chi connectivity index (χ0) is 18.6. The van der Waals surface area contributed by atoms with Crippen molar-refractivity contribution in [1.29, 1.82) is 0 Å². The van der Waals surface area contributed by atoms with Crippen molar-refractivity contribution in [2.24, 2.45) is 0 Å². The number of H-pyrrole nitrogens is 2. The third-order valence-corrected chi connectivity index (χ3v) is 4.39. The Morgan fingerprint density at radius 2 is 1.67 bits per heavy atom. The fraction of sp³-hybridized carbons (Fsp3) is 0.150. The van der Waals surface area contributed by atoms with Crippen LogP contribution >= 0.6 is 0 Å². The number of amides is 2. The number of carbonyl (C=O) groups is 2. The first-order chi connectivity index (χ1) is 13.2. The number of hydrogen-bond acceptors (Lipinski definition) is 3. The molecule has 4 rings (SSSR count). The number of hydrogen-bond donors (Lipinski definition) is 4. The zero-order valence-corrected chi connectivity index (χ0v) is 14.6. The van der Waals surface area contributed by atoms with E-state index in [0.29, 0.717) is 6.42 Å². The standard InChI is InChI=1S/C20H19N5O2/c26-19(10-9-18-22-16-7-3-4-8-17(16)23-18)24-25-20(27)11-13-12-21-15-6-2-1-5-14(13)15/h1-8,12,21H,9-11H2,(H,22,23)(H,24,26)(H,25,27). The molecule has 7 nitrogen and oxygen atoms in total. The van der Waals surface area contributed by atoms with Crippen LogP contribution in [0.1, 0.15) is 17.8 Å². The highest BCUT2D eigenvalue weighted by atomic mass is 16.2. The van der Waals surface area contributed by atoms with E-state index < -0.39 is 0 Å². The first kappa shape index (κ1) is 16.8. The van der Waals surface area contributed by atoms with Crippen molar-refractivity contribution in [1.82, 2.24) is 25.8 Å². The summed E-state index contributed by atoms with van der Waals surface area (Å²) in [6.45, 7) is 0. The summed E-state index contributed by atoms with van der Waals surface area (Å²) in [5, 5.41) is 1.00. The van der Waals surface area contributed by atoms with Crippen molar-refractivity contribution in [2.75, 3.05) is 0 Å². The first-order valence-corrected chi connectivity index (χ1v) is 8.75. The maximum Gasteiger partial charge on any atom is 0.242 e. The molecule has 0 fully saturated rings. The van der Waals surface area contributed by atoms with Crippen LogP contribution in [-0.4, -0.2) is 26.8 Å². The van der Waals surface area contributed by atoms with Crippen LogP contribution in [0.3, 0.4) is 0 Å². The first-order valence-electron chi connectivity index (χ1n) is 8.75. The molecule has 7 heteroatoms. The van der Waals surface area contributed by atoms with E-state index in [4.69, 9.17) is 0 Å². The molecule has 0 saturated heterocycles. The molecule has 0 aliphatic rings. The average Bonchev–Trinajstić information content (AvgIpc) is 3.28. The van der Waals surface area contributed by atoms with Crippen LogP contribution in [0.5, 0.6) is 0 Å². The molecule has 4 aromatic rings. The van der Waals surface area contributed by atoms with Crippen LogP contribution in [0.15, 0.2) is 54.7 Å². The van der Waals surface area contributed by atoms with Gasteiger partial charge in [0.15, 0.2) is 0 Å². The van der Waals surface area contributed by atoms with Crippen molar-refractivity contribution >= 4 is 33.8 Å². The number of imidazole rings is 1. The van der Waals surface area contributed by atoms with E-state index in [9.17, 15) is 9.59 Å². The largest absolute Gasteiger partial charge is 0.361 e. The predicted octanol–water partition coefficient (Wildman–Crippen LogP) is 2.37. The minimum absolute atomic E-state index is 0.188. The van der Waals surface area contributed by atoms with Gasteiger partial charge in [0.2, 0.25) is 11.8 Å². The summed E-state index contributed by atoms with van der Waals surface area (Å²) in [6, 6.07) is 15.5. The molecule has 0 spiro atoms. The zero-order valence-electron chi connectivity index (χ0n) is 14.6. The Morgan fingerprint density at radius 3 is 2.52 bits per heavy atom. The van der Waals surface area contributed by atoms with Gasteiger partial charge in [-0.15, -0.1) is 0 Å². The molecule has 2 heterocycles. The highest BCUT2D eigenvalue weighted by molar-refractivity contribution is 5.89. The van der Waals surface area contributed by atoms with Crippen LogP contribution < -0.4 is 10.9 Å². The molecule has 2 amide bonds. The van der Waals surface area contributed by atoms with Gasteiger partial charge in [0.05, 0.1) is 17.5 Å². The Kier molecular flexibility index (Phi) is 4.57. The van der Waals surface area contributed by atoms with Crippen LogP contribution in [-0.2, 0) is 22.4 Å². The molecule has 0 aliphatic heterocycles. The summed E-state index contributed by atoms with van der Waals surface area (Å²) in [7, 11) is 0. The second-order valence-electron chi connectivity index (χ2n) is 6.33. The Bertz CT molecular complexity index is 1080. The fourth-order valence-corrected chi connectivity index (χ4v) is 3.05. The molecule has 0 bridgehead atoms. The number of carbonyl (C=O) groups excluding carboxylic acids is 2. The molecule has 136 valence electrons. The minimum Gasteiger partial charge on any atom is -0.361 e. The van der Waals surface area contributed by atoms with Crippen molar-refractivity contribution in [2.45, 2.75) is 19.3 Å². The van der Waals surface area contributed by atoms with Crippen LogP contribution in [0, 0.1) is 0 Å². The lowest BCUT2D eigenvalue weighted by atomic mass is 10.1. The fourth-order valence-electron chi connectivity index (χ4n) is 3.05. The molecular formula is C20H19N5O2. The number of nitrogens with zero attached hydrogens (tertiary/aromatic N) is 1. The SMILES string of the molecule is O=C(CCc1nc2ccccc2[nH]1)NNC(=O)Cc1c[nH]c2ccccc12. The van der Waals surface area contributed by atoms with Crippen LogP contribution in [0.25, 0.3) is 21.9 Å². The summed E-state index contributed by atoms with van der Waals surface area (Å²) in [4.78, 5) is 34.8. The second kappa shape index (κ2) is 7.33. The van der Waals surface area contributed by atoms with E-state index in [1.807, 2.05) is 54.7 Å². The number of aryl methyl sites for hydroxylation is 1. The van der Waals surface area contributed by atoms with Gasteiger partial charge in [0.25, 0.3) is 0 Å². The van der Waals surface area contributed by atoms with Crippen molar-refractivity contribution in [3.63, 3.8) is 0 Å². The van der Waals surface area contributed by atoms with Gasteiger partial charge in [-0.05, 0) is 23.8 Å². The molecule has 0 aliphatic carbocycles. The van der Waals surface area contributed by atoms with Gasteiger partial charge in [-0.3, -0.25) is 20.4 Å². The van der Waals surface area contributed by atoms with Crippen LogP contribution in [0.2, 0.25) is 0 Å². The minimum atomic E-state index is -0.267. The normalized spacial score (nSPS) is 11.0. The number of fused-ring (bicyclic) bond motifs is 2. The number of nitrogens with one attached hydrogen (secondary N) is 4. The number of aromatic nitrogens is 3. The van der Waals surface area contributed by atoms with E-state index in [1.54, 1.807) is 0 Å². The number of hydrazine groups is 1. The summed E-state index contributed by atoms with van der Waals surface area (Å²) >= 11 is 0. The smallest absolute Gasteiger partial charge is 0.242 e.